The van der Waals surface area contributed by atoms with E-state index in [0.717, 1.165) is 17.0 Å². The molecule has 0 aromatic heterocycles. The second-order valence-corrected chi connectivity index (χ2v) is 10.5. The summed E-state index contributed by atoms with van der Waals surface area (Å²) in [4.78, 5) is 17.7. The molecule has 1 aliphatic rings. The Morgan fingerprint density at radius 3 is 2.11 bits per heavy atom. The molecule has 1 fully saturated rings. The standard InChI is InChI=1S/C28H33N3O5S/c1-3-36-25-13-15-26(16-14-25)37(33,34)29-27(21-22-7-5-4-6-8-22)28(32)31-19-17-30(18-20-31)23-9-11-24(35-2)12-10-23/h4-16,27,29H,3,17-21H2,1-2H3. The van der Waals surface area contributed by atoms with Crippen LogP contribution < -0.4 is 19.1 Å². The number of nitrogens with zero attached hydrogens (tertiary/aromatic N) is 2. The van der Waals surface area contributed by atoms with Gasteiger partial charge in [-0.15, -0.1) is 0 Å². The molecule has 1 unspecified atom stereocenters. The molecule has 1 atom stereocenters. The number of sulfonamides is 1. The number of rotatable bonds is 10. The fraction of sp³-hybridized carbons (Fsp3) is 0.321. The van der Waals surface area contributed by atoms with E-state index in [4.69, 9.17) is 9.47 Å². The highest BCUT2D eigenvalue weighted by Crippen LogP contribution is 2.22. The van der Waals surface area contributed by atoms with Gasteiger partial charge in [0.25, 0.3) is 0 Å². The SMILES string of the molecule is CCOc1ccc(S(=O)(=O)NC(Cc2ccccc2)C(=O)N2CCN(c3ccc(OC)cc3)CC2)cc1. The first-order valence-electron chi connectivity index (χ1n) is 12.4. The molecule has 0 bridgehead atoms. The van der Waals surface area contributed by atoms with E-state index in [-0.39, 0.29) is 17.2 Å². The number of anilines is 1. The number of carbonyl (C=O) groups excluding carboxylic acids is 1. The summed E-state index contributed by atoms with van der Waals surface area (Å²) in [7, 11) is -2.30. The number of hydrogen-bond donors (Lipinski definition) is 1. The minimum atomic E-state index is -3.93. The lowest BCUT2D eigenvalue weighted by atomic mass is 10.1. The van der Waals surface area contributed by atoms with Crippen LogP contribution in [0.25, 0.3) is 0 Å². The van der Waals surface area contributed by atoms with E-state index < -0.39 is 16.1 Å². The third kappa shape index (κ3) is 6.81. The van der Waals surface area contributed by atoms with Crippen LogP contribution >= 0.6 is 0 Å². The van der Waals surface area contributed by atoms with Gasteiger partial charge in [-0.05, 0) is 67.4 Å². The number of nitrogens with one attached hydrogen (secondary N) is 1. The van der Waals surface area contributed by atoms with Gasteiger partial charge in [0.1, 0.15) is 17.5 Å². The smallest absolute Gasteiger partial charge is 0.241 e. The topological polar surface area (TPSA) is 88.2 Å². The average Bonchev–Trinajstić information content (AvgIpc) is 2.93. The van der Waals surface area contributed by atoms with E-state index in [9.17, 15) is 13.2 Å². The molecular formula is C28H33N3O5S. The molecule has 8 nitrogen and oxygen atoms in total. The normalized spacial score (nSPS) is 14.8. The van der Waals surface area contributed by atoms with Crippen molar-refractivity contribution in [2.75, 3.05) is 44.8 Å². The minimum Gasteiger partial charge on any atom is -0.497 e. The van der Waals surface area contributed by atoms with Gasteiger partial charge in [-0.3, -0.25) is 4.79 Å². The van der Waals surface area contributed by atoms with Gasteiger partial charge in [-0.1, -0.05) is 30.3 Å². The maximum Gasteiger partial charge on any atom is 0.241 e. The third-order valence-corrected chi connectivity index (χ3v) is 7.84. The molecule has 9 heteroatoms. The van der Waals surface area contributed by atoms with Gasteiger partial charge in [0, 0.05) is 31.9 Å². The number of methoxy groups -OCH3 is 1. The molecule has 4 rings (SSSR count). The van der Waals surface area contributed by atoms with E-state index in [1.807, 2.05) is 61.5 Å². The van der Waals surface area contributed by atoms with Crippen LogP contribution in [0.5, 0.6) is 11.5 Å². The van der Waals surface area contributed by atoms with Crippen molar-refractivity contribution in [2.45, 2.75) is 24.3 Å². The summed E-state index contributed by atoms with van der Waals surface area (Å²) in [5.41, 5.74) is 1.94. The zero-order chi connectivity index (χ0) is 26.3. The Balaban J connectivity index is 1.48. The van der Waals surface area contributed by atoms with E-state index in [1.165, 1.54) is 12.1 Å². The summed E-state index contributed by atoms with van der Waals surface area (Å²) in [6.07, 6.45) is 0.259. The molecule has 0 aliphatic carbocycles. The summed E-state index contributed by atoms with van der Waals surface area (Å²) < 4.78 is 39.8. The molecule has 1 aliphatic heterocycles. The Morgan fingerprint density at radius 2 is 1.51 bits per heavy atom. The third-order valence-electron chi connectivity index (χ3n) is 6.35. The van der Waals surface area contributed by atoms with Crippen molar-refractivity contribution in [2.24, 2.45) is 0 Å². The minimum absolute atomic E-state index is 0.0890. The first-order chi connectivity index (χ1) is 17.9. The Hall–Kier alpha value is -3.56. The van der Waals surface area contributed by atoms with Crippen LogP contribution in [0.15, 0.2) is 83.8 Å². The lowest BCUT2D eigenvalue weighted by Gasteiger charge is -2.37. The molecule has 196 valence electrons. The van der Waals surface area contributed by atoms with Crippen LogP contribution in [0.3, 0.4) is 0 Å². The molecule has 1 saturated heterocycles. The average molecular weight is 524 g/mol. The molecule has 1 amide bonds. The van der Waals surface area contributed by atoms with Crippen LogP contribution in [0.1, 0.15) is 12.5 Å². The van der Waals surface area contributed by atoms with E-state index in [1.54, 1.807) is 24.1 Å². The largest absolute Gasteiger partial charge is 0.497 e. The van der Waals surface area contributed by atoms with Gasteiger partial charge in [0.2, 0.25) is 15.9 Å². The molecular weight excluding hydrogens is 490 g/mol. The maximum absolute atomic E-state index is 13.6. The first kappa shape index (κ1) is 26.5. The predicted octanol–water partition coefficient (Wildman–Crippen LogP) is 3.33. The second kappa shape index (κ2) is 12.1. The monoisotopic (exact) mass is 523 g/mol. The highest BCUT2D eigenvalue weighted by Gasteiger charge is 2.31. The van der Waals surface area contributed by atoms with Crippen molar-refractivity contribution >= 4 is 21.6 Å². The highest BCUT2D eigenvalue weighted by molar-refractivity contribution is 7.89. The van der Waals surface area contributed by atoms with Crippen molar-refractivity contribution in [3.8, 4) is 11.5 Å². The number of ether oxygens (including phenoxy) is 2. The van der Waals surface area contributed by atoms with Gasteiger partial charge in [-0.2, -0.15) is 4.72 Å². The summed E-state index contributed by atoms with van der Waals surface area (Å²) in [6, 6.07) is 22.6. The maximum atomic E-state index is 13.6. The Labute approximate surface area is 218 Å². The van der Waals surface area contributed by atoms with Crippen LogP contribution in [-0.4, -0.2) is 65.2 Å². The van der Waals surface area contributed by atoms with Gasteiger partial charge in [-0.25, -0.2) is 8.42 Å². The zero-order valence-electron chi connectivity index (χ0n) is 21.2. The summed E-state index contributed by atoms with van der Waals surface area (Å²) in [6.45, 7) is 4.66. The van der Waals surface area contributed by atoms with Crippen LogP contribution in [0, 0.1) is 0 Å². The van der Waals surface area contributed by atoms with Crippen molar-refractivity contribution < 1.29 is 22.7 Å². The molecule has 1 N–H and O–H groups in total. The lowest BCUT2D eigenvalue weighted by molar-refractivity contribution is -0.133. The summed E-state index contributed by atoms with van der Waals surface area (Å²) >= 11 is 0. The molecule has 3 aromatic rings. The molecule has 0 radical (unpaired) electrons. The van der Waals surface area contributed by atoms with E-state index >= 15 is 0 Å². The van der Waals surface area contributed by atoms with Gasteiger partial charge in [0.15, 0.2) is 0 Å². The Bertz CT molecular complexity index is 1260. The van der Waals surface area contributed by atoms with Crippen molar-refractivity contribution in [3.05, 3.63) is 84.4 Å². The predicted molar refractivity (Wildman–Crippen MR) is 144 cm³/mol. The number of benzene rings is 3. The van der Waals surface area contributed by atoms with E-state index in [2.05, 4.69) is 9.62 Å². The second-order valence-electron chi connectivity index (χ2n) is 8.78. The molecule has 0 saturated carbocycles. The molecule has 1 heterocycles. The van der Waals surface area contributed by atoms with Crippen LogP contribution in [0.2, 0.25) is 0 Å². The zero-order valence-corrected chi connectivity index (χ0v) is 22.0. The highest BCUT2D eigenvalue weighted by atomic mass is 32.2. The molecule has 3 aromatic carbocycles. The van der Waals surface area contributed by atoms with Gasteiger partial charge >= 0.3 is 0 Å². The summed E-state index contributed by atoms with van der Waals surface area (Å²) in [5, 5.41) is 0. The Morgan fingerprint density at radius 1 is 0.892 bits per heavy atom. The van der Waals surface area contributed by atoms with Crippen LogP contribution in [-0.2, 0) is 21.2 Å². The van der Waals surface area contributed by atoms with Gasteiger partial charge < -0.3 is 19.3 Å². The fourth-order valence-electron chi connectivity index (χ4n) is 4.36. The first-order valence-corrected chi connectivity index (χ1v) is 13.8. The van der Waals surface area contributed by atoms with Crippen molar-refractivity contribution in [1.29, 1.82) is 0 Å². The lowest BCUT2D eigenvalue weighted by Crippen LogP contribution is -2.55. The number of hydrogen-bond acceptors (Lipinski definition) is 6. The van der Waals surface area contributed by atoms with E-state index in [0.29, 0.717) is 38.5 Å². The number of amides is 1. The van der Waals surface area contributed by atoms with Crippen molar-refractivity contribution in [3.63, 3.8) is 0 Å². The van der Waals surface area contributed by atoms with Crippen LogP contribution in [0.4, 0.5) is 5.69 Å². The molecule has 0 spiro atoms. The van der Waals surface area contributed by atoms with Crippen molar-refractivity contribution in [1.82, 2.24) is 9.62 Å². The quantitative estimate of drug-likeness (QED) is 0.439. The fourth-order valence-corrected chi connectivity index (χ4v) is 5.55. The Kier molecular flexibility index (Phi) is 8.68. The molecule has 37 heavy (non-hydrogen) atoms. The summed E-state index contributed by atoms with van der Waals surface area (Å²) in [5.74, 6) is 1.15. The number of piperazine rings is 1. The number of carbonyl (C=O) groups is 1. The van der Waals surface area contributed by atoms with Gasteiger partial charge in [0.05, 0.1) is 18.6 Å².